The molecule has 0 heterocycles. The fraction of sp³-hybridized carbons (Fsp3) is 0.538. The van der Waals surface area contributed by atoms with E-state index in [9.17, 15) is 27.1 Å². The van der Waals surface area contributed by atoms with Crippen LogP contribution in [0.25, 0.3) is 0 Å². The molecule has 114 valence electrons. The molecule has 1 unspecified atom stereocenters. The van der Waals surface area contributed by atoms with Crippen molar-refractivity contribution in [2.45, 2.75) is 33.3 Å². The minimum atomic E-state index is -2.21. The van der Waals surface area contributed by atoms with Gasteiger partial charge in [0.1, 0.15) is 5.69 Å². The predicted molar refractivity (Wildman–Crippen MR) is 64.8 cm³/mol. The summed E-state index contributed by atoms with van der Waals surface area (Å²) < 4.78 is 65.3. The highest BCUT2D eigenvalue weighted by molar-refractivity contribution is 5.47. The molecule has 0 saturated carbocycles. The largest absolute Gasteiger partial charge is 0.391 e. The third-order valence-electron chi connectivity index (χ3n) is 2.57. The van der Waals surface area contributed by atoms with E-state index in [0.29, 0.717) is 6.42 Å². The Hall–Kier alpha value is -1.37. The van der Waals surface area contributed by atoms with Crippen LogP contribution in [-0.4, -0.2) is 17.8 Å². The summed E-state index contributed by atoms with van der Waals surface area (Å²) in [5.41, 5.74) is -1.37. The molecule has 7 heteroatoms. The molecule has 0 fully saturated rings. The van der Waals surface area contributed by atoms with Gasteiger partial charge in [0.2, 0.25) is 5.82 Å². The van der Waals surface area contributed by atoms with Crippen LogP contribution in [0.3, 0.4) is 0 Å². The van der Waals surface area contributed by atoms with E-state index in [0.717, 1.165) is 0 Å². The maximum Gasteiger partial charge on any atom is 0.200 e. The van der Waals surface area contributed by atoms with E-state index in [1.54, 1.807) is 0 Å². The summed E-state index contributed by atoms with van der Waals surface area (Å²) >= 11 is 0. The molecule has 20 heavy (non-hydrogen) atoms. The molecule has 1 aromatic carbocycles. The van der Waals surface area contributed by atoms with Crippen LogP contribution < -0.4 is 5.32 Å². The Bertz CT molecular complexity index is 470. The Labute approximate surface area is 113 Å². The minimum absolute atomic E-state index is 0.239. The highest BCUT2D eigenvalue weighted by Crippen LogP contribution is 2.27. The minimum Gasteiger partial charge on any atom is -0.391 e. The van der Waals surface area contributed by atoms with Gasteiger partial charge in [0.15, 0.2) is 23.3 Å². The average molecular weight is 297 g/mol. The van der Waals surface area contributed by atoms with Crippen molar-refractivity contribution in [1.82, 2.24) is 0 Å². The highest BCUT2D eigenvalue weighted by Gasteiger charge is 2.26. The predicted octanol–water partition coefficient (Wildman–Crippen LogP) is 3.59. The Morgan fingerprint density at radius 3 is 1.70 bits per heavy atom. The van der Waals surface area contributed by atoms with Gasteiger partial charge in [-0.1, -0.05) is 20.8 Å². The van der Waals surface area contributed by atoms with E-state index >= 15 is 0 Å². The van der Waals surface area contributed by atoms with E-state index in [2.05, 4.69) is 5.32 Å². The molecule has 0 aliphatic rings. The van der Waals surface area contributed by atoms with Crippen LogP contribution >= 0.6 is 0 Å². The normalized spacial score (nSPS) is 13.4. The monoisotopic (exact) mass is 297 g/mol. The van der Waals surface area contributed by atoms with Crippen molar-refractivity contribution in [3.8, 4) is 0 Å². The molecule has 0 saturated heterocycles. The molecule has 1 atom stereocenters. The summed E-state index contributed by atoms with van der Waals surface area (Å²) in [6.45, 7) is 5.20. The van der Waals surface area contributed by atoms with Gasteiger partial charge < -0.3 is 10.4 Å². The van der Waals surface area contributed by atoms with Crippen molar-refractivity contribution in [3.05, 3.63) is 29.1 Å². The number of aliphatic hydroxyl groups excluding tert-OH is 1. The van der Waals surface area contributed by atoms with Gasteiger partial charge in [-0.15, -0.1) is 0 Å². The second-order valence-corrected chi connectivity index (χ2v) is 5.74. The zero-order chi connectivity index (χ0) is 15.7. The van der Waals surface area contributed by atoms with Crippen LogP contribution in [0.1, 0.15) is 27.2 Å². The van der Waals surface area contributed by atoms with Crippen molar-refractivity contribution in [3.63, 3.8) is 0 Å². The lowest BCUT2D eigenvalue weighted by Crippen LogP contribution is -2.26. The summed E-state index contributed by atoms with van der Waals surface area (Å²) in [6, 6.07) is 0. The van der Waals surface area contributed by atoms with E-state index < -0.39 is 40.9 Å². The lowest BCUT2D eigenvalue weighted by molar-refractivity contribution is 0.132. The number of hydrogen-bond acceptors (Lipinski definition) is 2. The van der Waals surface area contributed by atoms with E-state index in [1.807, 2.05) is 20.8 Å². The summed E-state index contributed by atoms with van der Waals surface area (Å²) in [4.78, 5) is 0. The summed E-state index contributed by atoms with van der Waals surface area (Å²) in [6.07, 6.45) is -0.681. The lowest BCUT2D eigenvalue weighted by Gasteiger charge is -2.23. The second kappa shape index (κ2) is 5.95. The van der Waals surface area contributed by atoms with Gasteiger partial charge in [0.25, 0.3) is 0 Å². The van der Waals surface area contributed by atoms with Gasteiger partial charge in [0, 0.05) is 6.54 Å². The Morgan fingerprint density at radius 1 is 0.900 bits per heavy atom. The zero-order valence-corrected chi connectivity index (χ0v) is 11.3. The van der Waals surface area contributed by atoms with Crippen molar-refractivity contribution in [2.24, 2.45) is 5.41 Å². The third kappa shape index (κ3) is 3.82. The summed E-state index contributed by atoms with van der Waals surface area (Å²) in [5, 5.41) is 11.7. The molecule has 0 amide bonds. The number of rotatable bonds is 4. The van der Waals surface area contributed by atoms with Crippen molar-refractivity contribution >= 4 is 5.69 Å². The van der Waals surface area contributed by atoms with Crippen LogP contribution in [0.5, 0.6) is 0 Å². The molecular formula is C13H16F5NO. The number of benzene rings is 1. The first-order valence-electron chi connectivity index (χ1n) is 5.98. The smallest absolute Gasteiger partial charge is 0.200 e. The van der Waals surface area contributed by atoms with E-state index in [1.165, 1.54) is 0 Å². The van der Waals surface area contributed by atoms with Crippen LogP contribution in [0.15, 0.2) is 0 Å². The summed E-state index contributed by atoms with van der Waals surface area (Å²) in [7, 11) is 0. The number of aliphatic hydroxyl groups is 1. The zero-order valence-electron chi connectivity index (χ0n) is 11.3. The highest BCUT2D eigenvalue weighted by atomic mass is 19.2. The lowest BCUT2D eigenvalue weighted by atomic mass is 9.89. The molecule has 1 rings (SSSR count). The number of anilines is 1. The molecule has 2 N–H and O–H groups in total. The second-order valence-electron chi connectivity index (χ2n) is 5.74. The van der Waals surface area contributed by atoms with Crippen molar-refractivity contribution < 1.29 is 27.1 Å². The molecule has 0 radical (unpaired) electrons. The molecule has 0 aromatic heterocycles. The van der Waals surface area contributed by atoms with Gasteiger partial charge in [-0.25, -0.2) is 22.0 Å². The van der Waals surface area contributed by atoms with E-state index in [-0.39, 0.29) is 12.0 Å². The number of nitrogens with one attached hydrogen (secondary N) is 1. The Kier molecular flexibility index (Phi) is 4.96. The Morgan fingerprint density at radius 2 is 1.30 bits per heavy atom. The fourth-order valence-corrected chi connectivity index (χ4v) is 1.76. The topological polar surface area (TPSA) is 32.3 Å². The maximum atomic E-state index is 13.3. The molecule has 0 bridgehead atoms. The van der Waals surface area contributed by atoms with Gasteiger partial charge in [-0.2, -0.15) is 0 Å². The first kappa shape index (κ1) is 16.7. The van der Waals surface area contributed by atoms with Crippen LogP contribution in [0.2, 0.25) is 0 Å². The molecular weight excluding hydrogens is 281 g/mol. The van der Waals surface area contributed by atoms with Gasteiger partial charge >= 0.3 is 0 Å². The number of halogens is 5. The quantitative estimate of drug-likeness (QED) is 0.506. The van der Waals surface area contributed by atoms with Gasteiger partial charge in [0.05, 0.1) is 6.10 Å². The molecule has 0 aliphatic heterocycles. The van der Waals surface area contributed by atoms with E-state index in [4.69, 9.17) is 0 Å². The van der Waals surface area contributed by atoms with Crippen molar-refractivity contribution in [1.29, 1.82) is 0 Å². The molecule has 0 aliphatic carbocycles. The van der Waals surface area contributed by atoms with Crippen LogP contribution in [0.4, 0.5) is 27.6 Å². The van der Waals surface area contributed by atoms with Crippen LogP contribution in [0, 0.1) is 34.5 Å². The average Bonchev–Trinajstić information content (AvgIpc) is 2.32. The van der Waals surface area contributed by atoms with Crippen LogP contribution in [-0.2, 0) is 0 Å². The van der Waals surface area contributed by atoms with Crippen molar-refractivity contribution in [2.75, 3.05) is 11.9 Å². The van der Waals surface area contributed by atoms with Gasteiger partial charge in [-0.05, 0) is 11.8 Å². The first-order valence-corrected chi connectivity index (χ1v) is 5.98. The first-order chi connectivity index (χ1) is 9.04. The molecule has 2 nitrogen and oxygen atoms in total. The summed E-state index contributed by atoms with van der Waals surface area (Å²) in [5.74, 6) is -10.1. The SMILES string of the molecule is CC(C)(C)CC(O)CNc1c(F)c(F)c(F)c(F)c1F. The Balaban J connectivity index is 2.89. The third-order valence-corrected chi connectivity index (χ3v) is 2.57. The van der Waals surface area contributed by atoms with Gasteiger partial charge in [-0.3, -0.25) is 0 Å². The molecule has 1 aromatic rings. The molecule has 0 spiro atoms. The number of hydrogen-bond donors (Lipinski definition) is 2. The fourth-order valence-electron chi connectivity index (χ4n) is 1.76. The standard InChI is InChI=1S/C13H16F5NO/c1-13(2,3)4-6(20)5-19-12-10(17)8(15)7(14)9(16)11(12)18/h6,19-20H,4-5H2,1-3H3. The maximum absolute atomic E-state index is 13.3.